The monoisotopic (exact) mass is 272 g/mol. The smallest absolute Gasteiger partial charge is 0.326 e. The zero-order chi connectivity index (χ0) is 14.6. The Morgan fingerprint density at radius 2 is 1.68 bits per heavy atom. The summed E-state index contributed by atoms with van der Waals surface area (Å²) < 4.78 is 25.8. The molecule has 7 heteroatoms. The van der Waals surface area contributed by atoms with E-state index in [9.17, 15) is 18.4 Å². The molecule has 0 radical (unpaired) electrons. The molecule has 0 saturated heterocycles. The maximum absolute atomic E-state index is 12.9. The van der Waals surface area contributed by atoms with Gasteiger partial charge in [0.1, 0.15) is 17.7 Å². The average molecular weight is 272 g/mol. The fourth-order valence-corrected chi connectivity index (χ4v) is 1.45. The van der Waals surface area contributed by atoms with Crippen molar-refractivity contribution in [2.75, 3.05) is 5.32 Å². The van der Waals surface area contributed by atoms with Crippen molar-refractivity contribution < 1.29 is 23.5 Å². The Labute approximate surface area is 108 Å². The van der Waals surface area contributed by atoms with Crippen LogP contribution in [0.15, 0.2) is 18.2 Å². The summed E-state index contributed by atoms with van der Waals surface area (Å²) in [6.07, 6.45) is 0. The zero-order valence-electron chi connectivity index (χ0n) is 10.4. The fourth-order valence-electron chi connectivity index (χ4n) is 1.45. The number of carbonyl (C=O) groups excluding carboxylic acids is 1. The van der Waals surface area contributed by atoms with Gasteiger partial charge < -0.3 is 15.7 Å². The Hall–Kier alpha value is -2.18. The maximum Gasteiger partial charge on any atom is 0.326 e. The van der Waals surface area contributed by atoms with Crippen LogP contribution >= 0.6 is 0 Å². The van der Waals surface area contributed by atoms with Gasteiger partial charge in [-0.05, 0) is 18.1 Å². The van der Waals surface area contributed by atoms with E-state index in [0.717, 1.165) is 12.1 Å². The molecule has 3 N–H and O–H groups in total. The van der Waals surface area contributed by atoms with Crippen LogP contribution in [-0.2, 0) is 4.79 Å². The number of anilines is 1. The standard InChI is InChI=1S/C12H14F2N2O3/c1-6(2)10(11(17)18)16-12(19)15-9-4-7(13)3-8(14)5-9/h3-6,10H,1-2H3,(H,17,18)(H2,15,16,19)/t10-/m1/s1. The average Bonchev–Trinajstić information content (AvgIpc) is 2.23. The molecule has 19 heavy (non-hydrogen) atoms. The summed E-state index contributed by atoms with van der Waals surface area (Å²) in [4.78, 5) is 22.4. The molecule has 0 unspecified atom stereocenters. The Balaban J connectivity index is 2.71. The summed E-state index contributed by atoms with van der Waals surface area (Å²) in [5, 5.41) is 13.3. The minimum atomic E-state index is -1.18. The summed E-state index contributed by atoms with van der Waals surface area (Å²) in [5.41, 5.74) is -0.0945. The van der Waals surface area contributed by atoms with Gasteiger partial charge >= 0.3 is 12.0 Å². The normalized spacial score (nSPS) is 12.1. The van der Waals surface area contributed by atoms with Gasteiger partial charge in [-0.25, -0.2) is 18.4 Å². The van der Waals surface area contributed by atoms with Gasteiger partial charge in [-0.1, -0.05) is 13.8 Å². The van der Waals surface area contributed by atoms with E-state index < -0.39 is 29.7 Å². The molecule has 0 spiro atoms. The van der Waals surface area contributed by atoms with Crippen LogP contribution in [0.2, 0.25) is 0 Å². The van der Waals surface area contributed by atoms with Crippen molar-refractivity contribution in [1.29, 1.82) is 0 Å². The lowest BCUT2D eigenvalue weighted by atomic mass is 10.1. The highest BCUT2D eigenvalue weighted by atomic mass is 19.1. The van der Waals surface area contributed by atoms with E-state index in [1.165, 1.54) is 0 Å². The number of carboxylic acid groups (broad SMARTS) is 1. The quantitative estimate of drug-likeness (QED) is 0.786. The van der Waals surface area contributed by atoms with E-state index in [4.69, 9.17) is 5.11 Å². The van der Waals surface area contributed by atoms with Gasteiger partial charge in [0, 0.05) is 11.8 Å². The van der Waals surface area contributed by atoms with Crippen LogP contribution in [0.25, 0.3) is 0 Å². The largest absolute Gasteiger partial charge is 0.480 e. The third kappa shape index (κ3) is 4.53. The van der Waals surface area contributed by atoms with E-state index in [1.54, 1.807) is 13.8 Å². The Kier molecular flexibility index (Phi) is 4.80. The first-order valence-corrected chi connectivity index (χ1v) is 5.56. The molecule has 1 aromatic carbocycles. The number of carboxylic acids is 1. The molecule has 0 aliphatic rings. The second kappa shape index (κ2) is 6.12. The molecule has 0 bridgehead atoms. The van der Waals surface area contributed by atoms with Crippen LogP contribution in [0.5, 0.6) is 0 Å². The summed E-state index contributed by atoms with van der Waals surface area (Å²) in [6, 6.07) is 0.586. The molecule has 1 aromatic rings. The van der Waals surface area contributed by atoms with Crippen molar-refractivity contribution in [2.45, 2.75) is 19.9 Å². The Morgan fingerprint density at radius 3 is 2.11 bits per heavy atom. The van der Waals surface area contributed by atoms with Crippen molar-refractivity contribution >= 4 is 17.7 Å². The summed E-state index contributed by atoms with van der Waals surface area (Å²) >= 11 is 0. The number of rotatable bonds is 4. The van der Waals surface area contributed by atoms with Crippen molar-refractivity contribution in [1.82, 2.24) is 5.32 Å². The lowest BCUT2D eigenvalue weighted by molar-refractivity contribution is -0.140. The molecule has 5 nitrogen and oxygen atoms in total. The number of hydrogen-bond donors (Lipinski definition) is 3. The highest BCUT2D eigenvalue weighted by molar-refractivity contribution is 5.92. The molecule has 1 rings (SSSR count). The van der Waals surface area contributed by atoms with E-state index in [2.05, 4.69) is 10.6 Å². The number of aliphatic carboxylic acids is 1. The van der Waals surface area contributed by atoms with Crippen LogP contribution in [0.4, 0.5) is 19.3 Å². The minimum absolute atomic E-state index is 0.0945. The Morgan fingerprint density at radius 1 is 1.16 bits per heavy atom. The highest BCUT2D eigenvalue weighted by Crippen LogP contribution is 2.13. The van der Waals surface area contributed by atoms with Gasteiger partial charge in [-0.2, -0.15) is 0 Å². The summed E-state index contributed by atoms with van der Waals surface area (Å²) in [5.74, 6) is -3.19. The first-order valence-electron chi connectivity index (χ1n) is 5.56. The number of urea groups is 1. The molecular weight excluding hydrogens is 258 g/mol. The van der Waals surface area contributed by atoms with E-state index in [0.29, 0.717) is 6.07 Å². The van der Waals surface area contributed by atoms with Crippen molar-refractivity contribution in [2.24, 2.45) is 5.92 Å². The minimum Gasteiger partial charge on any atom is -0.480 e. The second-order valence-corrected chi connectivity index (χ2v) is 4.32. The number of nitrogens with one attached hydrogen (secondary N) is 2. The van der Waals surface area contributed by atoms with Crippen molar-refractivity contribution in [3.8, 4) is 0 Å². The molecule has 0 aromatic heterocycles. The van der Waals surface area contributed by atoms with Crippen LogP contribution in [0, 0.1) is 17.6 Å². The zero-order valence-corrected chi connectivity index (χ0v) is 10.4. The van der Waals surface area contributed by atoms with E-state index in [1.807, 2.05) is 0 Å². The van der Waals surface area contributed by atoms with E-state index in [-0.39, 0.29) is 11.6 Å². The SMILES string of the molecule is CC(C)[C@@H](NC(=O)Nc1cc(F)cc(F)c1)C(=O)O. The van der Waals surface area contributed by atoms with Gasteiger partial charge in [0.2, 0.25) is 0 Å². The van der Waals surface area contributed by atoms with Gasteiger partial charge in [0.05, 0.1) is 0 Å². The molecule has 2 amide bonds. The Bertz CT molecular complexity index is 472. The number of benzene rings is 1. The summed E-state index contributed by atoms with van der Waals surface area (Å²) in [7, 11) is 0. The number of hydrogen-bond acceptors (Lipinski definition) is 2. The third-order valence-corrected chi connectivity index (χ3v) is 2.34. The highest BCUT2D eigenvalue weighted by Gasteiger charge is 2.23. The predicted octanol–water partition coefficient (Wildman–Crippen LogP) is 2.20. The van der Waals surface area contributed by atoms with Gasteiger partial charge in [-0.15, -0.1) is 0 Å². The van der Waals surface area contributed by atoms with Crippen molar-refractivity contribution in [3.05, 3.63) is 29.8 Å². The summed E-state index contributed by atoms with van der Waals surface area (Å²) in [6.45, 7) is 3.25. The first kappa shape index (κ1) is 14.9. The lowest BCUT2D eigenvalue weighted by Gasteiger charge is -2.18. The molecule has 0 saturated carbocycles. The van der Waals surface area contributed by atoms with Gasteiger partial charge in [0.15, 0.2) is 0 Å². The molecule has 0 aliphatic heterocycles. The second-order valence-electron chi connectivity index (χ2n) is 4.32. The molecule has 104 valence electrons. The molecule has 0 fully saturated rings. The topological polar surface area (TPSA) is 78.4 Å². The molecule has 1 atom stereocenters. The van der Waals surface area contributed by atoms with Gasteiger partial charge in [-0.3, -0.25) is 0 Å². The third-order valence-electron chi connectivity index (χ3n) is 2.34. The molecule has 0 aliphatic carbocycles. The van der Waals surface area contributed by atoms with Crippen molar-refractivity contribution in [3.63, 3.8) is 0 Å². The van der Waals surface area contributed by atoms with Gasteiger partial charge in [0.25, 0.3) is 0 Å². The number of halogens is 2. The molecule has 0 heterocycles. The number of amides is 2. The van der Waals surface area contributed by atoms with Crippen LogP contribution in [0.3, 0.4) is 0 Å². The maximum atomic E-state index is 12.9. The van der Waals surface area contributed by atoms with E-state index >= 15 is 0 Å². The van der Waals surface area contributed by atoms with Crippen LogP contribution < -0.4 is 10.6 Å². The lowest BCUT2D eigenvalue weighted by Crippen LogP contribution is -2.46. The fraction of sp³-hybridized carbons (Fsp3) is 0.333. The van der Waals surface area contributed by atoms with Crippen LogP contribution in [0.1, 0.15) is 13.8 Å². The predicted molar refractivity (Wildman–Crippen MR) is 64.8 cm³/mol. The van der Waals surface area contributed by atoms with Crippen LogP contribution in [-0.4, -0.2) is 23.1 Å². The number of carbonyl (C=O) groups is 2. The first-order chi connectivity index (χ1) is 8.79. The molecular formula is C12H14F2N2O3.